The maximum atomic E-state index is 13.1. The van der Waals surface area contributed by atoms with Gasteiger partial charge in [-0.15, -0.1) is 0 Å². The van der Waals surface area contributed by atoms with Gasteiger partial charge in [-0.25, -0.2) is 0 Å². The second-order valence-corrected chi connectivity index (χ2v) is 7.81. The first-order chi connectivity index (χ1) is 14.4. The summed E-state index contributed by atoms with van der Waals surface area (Å²) >= 11 is 6.08. The quantitative estimate of drug-likeness (QED) is 0.343. The number of ketones is 1. The minimum atomic E-state index is -0.743. The number of hydrogen-bond acceptors (Lipinski definition) is 3. The lowest BCUT2D eigenvalue weighted by atomic mass is 9.92. The number of benzene rings is 3. The van der Waals surface area contributed by atoms with Crippen molar-refractivity contribution in [3.8, 4) is 0 Å². The summed E-state index contributed by atoms with van der Waals surface area (Å²) < 4.78 is 0. The largest absolute Gasteiger partial charge is 0.507 e. The normalized spacial score (nSPS) is 18.1. The molecule has 4 nitrogen and oxygen atoms in total. The molecule has 3 aromatic carbocycles. The molecule has 0 saturated carbocycles. The summed E-state index contributed by atoms with van der Waals surface area (Å²) in [5.41, 5.74) is 3.78. The predicted molar refractivity (Wildman–Crippen MR) is 119 cm³/mol. The van der Waals surface area contributed by atoms with Crippen LogP contribution in [0.2, 0.25) is 5.02 Å². The number of anilines is 1. The smallest absolute Gasteiger partial charge is 0.300 e. The summed E-state index contributed by atoms with van der Waals surface area (Å²) in [6.07, 6.45) is 0. The molecule has 0 aromatic heterocycles. The Morgan fingerprint density at radius 2 is 1.63 bits per heavy atom. The van der Waals surface area contributed by atoms with Crippen LogP contribution in [-0.2, 0) is 9.59 Å². The van der Waals surface area contributed by atoms with E-state index in [-0.39, 0.29) is 11.3 Å². The van der Waals surface area contributed by atoms with Crippen molar-refractivity contribution in [1.82, 2.24) is 0 Å². The molecule has 1 N–H and O–H groups in total. The number of carbonyl (C=O) groups is 2. The van der Waals surface area contributed by atoms with E-state index in [0.717, 1.165) is 16.7 Å². The second kappa shape index (κ2) is 7.81. The summed E-state index contributed by atoms with van der Waals surface area (Å²) in [4.78, 5) is 27.7. The number of aryl methyl sites for hydroxylation is 2. The fourth-order valence-electron chi connectivity index (χ4n) is 3.78. The molecule has 5 heteroatoms. The van der Waals surface area contributed by atoms with Crippen molar-refractivity contribution in [3.05, 3.63) is 106 Å². The van der Waals surface area contributed by atoms with Crippen molar-refractivity contribution < 1.29 is 14.7 Å². The molecule has 1 amide bonds. The summed E-state index contributed by atoms with van der Waals surface area (Å²) in [6, 6.07) is 20.8. The lowest BCUT2D eigenvalue weighted by Gasteiger charge is -2.26. The third kappa shape index (κ3) is 3.40. The highest BCUT2D eigenvalue weighted by Gasteiger charge is 2.47. The zero-order valence-electron chi connectivity index (χ0n) is 16.6. The van der Waals surface area contributed by atoms with Crippen LogP contribution in [0.4, 0.5) is 5.69 Å². The van der Waals surface area contributed by atoms with E-state index < -0.39 is 17.7 Å². The van der Waals surface area contributed by atoms with E-state index in [0.29, 0.717) is 16.3 Å². The van der Waals surface area contributed by atoms with Gasteiger partial charge in [-0.1, -0.05) is 65.7 Å². The van der Waals surface area contributed by atoms with E-state index in [4.69, 9.17) is 11.6 Å². The van der Waals surface area contributed by atoms with Gasteiger partial charge in [0.1, 0.15) is 5.76 Å². The molecule has 1 atom stereocenters. The van der Waals surface area contributed by atoms with Crippen molar-refractivity contribution in [3.63, 3.8) is 0 Å². The minimum Gasteiger partial charge on any atom is -0.507 e. The third-order valence-electron chi connectivity index (χ3n) is 5.34. The summed E-state index contributed by atoms with van der Waals surface area (Å²) in [5.74, 6) is -1.63. The van der Waals surface area contributed by atoms with E-state index in [1.54, 1.807) is 24.3 Å². The molecule has 0 radical (unpaired) electrons. The number of Topliss-reactive ketones (excluding diaryl/α,β-unsaturated/α-hetero) is 1. The molecule has 1 saturated heterocycles. The number of aliphatic hydroxyl groups excluding tert-OH is 1. The number of rotatable bonds is 3. The van der Waals surface area contributed by atoms with Crippen molar-refractivity contribution in [2.24, 2.45) is 0 Å². The standard InChI is InChI=1S/C25H20ClNO3/c1-15-10-12-19(13-11-15)27-22(20-9-4-3-6-16(20)2)21(24(29)25(27)30)23(28)17-7-5-8-18(26)14-17/h3-14,22,28H,1-2H3/b23-21+. The van der Waals surface area contributed by atoms with Crippen LogP contribution in [0.25, 0.3) is 5.76 Å². The van der Waals surface area contributed by atoms with Gasteiger partial charge in [0.25, 0.3) is 11.7 Å². The molecule has 0 spiro atoms. The molecular weight excluding hydrogens is 398 g/mol. The lowest BCUT2D eigenvalue weighted by molar-refractivity contribution is -0.132. The van der Waals surface area contributed by atoms with Gasteiger partial charge in [0.05, 0.1) is 11.6 Å². The highest BCUT2D eigenvalue weighted by molar-refractivity contribution is 6.51. The Morgan fingerprint density at radius 3 is 2.30 bits per heavy atom. The monoisotopic (exact) mass is 417 g/mol. The Hall–Kier alpha value is -3.37. The fourth-order valence-corrected chi connectivity index (χ4v) is 3.97. The Balaban J connectivity index is 1.98. The van der Waals surface area contributed by atoms with Gasteiger partial charge in [-0.05, 0) is 49.2 Å². The van der Waals surface area contributed by atoms with Crippen LogP contribution in [0.5, 0.6) is 0 Å². The van der Waals surface area contributed by atoms with Gasteiger partial charge in [0, 0.05) is 16.3 Å². The molecule has 0 bridgehead atoms. The first-order valence-corrected chi connectivity index (χ1v) is 9.95. The zero-order valence-corrected chi connectivity index (χ0v) is 17.4. The van der Waals surface area contributed by atoms with Gasteiger partial charge in [0.15, 0.2) is 0 Å². The number of carbonyl (C=O) groups excluding carboxylic acids is 2. The van der Waals surface area contributed by atoms with E-state index in [2.05, 4.69) is 0 Å². The highest BCUT2D eigenvalue weighted by atomic mass is 35.5. The fraction of sp³-hybridized carbons (Fsp3) is 0.120. The SMILES string of the molecule is Cc1ccc(N2C(=O)C(=O)/C(=C(/O)c3cccc(Cl)c3)C2c2ccccc2C)cc1. The molecule has 150 valence electrons. The number of aliphatic hydroxyl groups is 1. The number of hydrogen-bond donors (Lipinski definition) is 1. The Kier molecular flexibility index (Phi) is 5.18. The maximum absolute atomic E-state index is 13.1. The predicted octanol–water partition coefficient (Wildman–Crippen LogP) is 5.58. The van der Waals surface area contributed by atoms with Crippen molar-refractivity contribution in [2.75, 3.05) is 4.90 Å². The van der Waals surface area contributed by atoms with Crippen molar-refractivity contribution in [2.45, 2.75) is 19.9 Å². The van der Waals surface area contributed by atoms with Crippen LogP contribution < -0.4 is 4.90 Å². The number of nitrogens with zero attached hydrogens (tertiary/aromatic N) is 1. The van der Waals surface area contributed by atoms with Gasteiger partial charge >= 0.3 is 0 Å². The van der Waals surface area contributed by atoms with Crippen molar-refractivity contribution >= 4 is 34.7 Å². The highest BCUT2D eigenvalue weighted by Crippen LogP contribution is 2.43. The maximum Gasteiger partial charge on any atom is 0.300 e. The van der Waals surface area contributed by atoms with E-state index in [1.807, 2.05) is 62.4 Å². The van der Waals surface area contributed by atoms with Crippen LogP contribution in [-0.4, -0.2) is 16.8 Å². The van der Waals surface area contributed by atoms with Crippen LogP contribution >= 0.6 is 11.6 Å². The Bertz CT molecular complexity index is 1180. The van der Waals surface area contributed by atoms with E-state index in [9.17, 15) is 14.7 Å². The average Bonchev–Trinajstić information content (AvgIpc) is 2.99. The van der Waals surface area contributed by atoms with Crippen LogP contribution in [0.15, 0.2) is 78.4 Å². The molecule has 1 fully saturated rings. The Labute approximate surface area is 180 Å². The first kappa shape index (κ1) is 19.9. The number of amides is 1. The van der Waals surface area contributed by atoms with Gasteiger partial charge < -0.3 is 5.11 Å². The second-order valence-electron chi connectivity index (χ2n) is 7.37. The lowest BCUT2D eigenvalue weighted by Crippen LogP contribution is -2.29. The molecule has 30 heavy (non-hydrogen) atoms. The zero-order chi connectivity index (χ0) is 21.4. The van der Waals surface area contributed by atoms with Crippen LogP contribution in [0.3, 0.4) is 0 Å². The van der Waals surface area contributed by atoms with Crippen LogP contribution in [0, 0.1) is 13.8 Å². The van der Waals surface area contributed by atoms with Gasteiger partial charge in [0.2, 0.25) is 0 Å². The molecule has 3 aromatic rings. The molecule has 4 rings (SSSR count). The molecule has 1 heterocycles. The van der Waals surface area contributed by atoms with Crippen molar-refractivity contribution in [1.29, 1.82) is 0 Å². The van der Waals surface area contributed by atoms with Gasteiger partial charge in [-0.2, -0.15) is 0 Å². The third-order valence-corrected chi connectivity index (χ3v) is 5.57. The van der Waals surface area contributed by atoms with Gasteiger partial charge in [-0.3, -0.25) is 14.5 Å². The topological polar surface area (TPSA) is 57.6 Å². The minimum absolute atomic E-state index is 0.0529. The molecule has 1 unspecified atom stereocenters. The Morgan fingerprint density at radius 1 is 0.933 bits per heavy atom. The molecule has 1 aliphatic rings. The first-order valence-electron chi connectivity index (χ1n) is 9.57. The van der Waals surface area contributed by atoms with Crippen LogP contribution in [0.1, 0.15) is 28.3 Å². The number of halogens is 1. The average molecular weight is 418 g/mol. The summed E-state index contributed by atoms with van der Waals surface area (Å²) in [7, 11) is 0. The summed E-state index contributed by atoms with van der Waals surface area (Å²) in [6.45, 7) is 3.87. The summed E-state index contributed by atoms with van der Waals surface area (Å²) in [5, 5.41) is 11.5. The molecule has 0 aliphatic carbocycles. The van der Waals surface area contributed by atoms with E-state index in [1.165, 1.54) is 4.90 Å². The van der Waals surface area contributed by atoms with E-state index >= 15 is 0 Å². The molecule has 1 aliphatic heterocycles. The molecular formula is C25H20ClNO3.